The first-order valence-corrected chi connectivity index (χ1v) is 11.4. The number of carbonyl (C=O) groups is 1. The van der Waals surface area contributed by atoms with E-state index in [1.54, 1.807) is 29.5 Å². The summed E-state index contributed by atoms with van der Waals surface area (Å²) in [5.74, 6) is 1.02. The van der Waals surface area contributed by atoms with Gasteiger partial charge in [-0.2, -0.15) is 4.31 Å². The Labute approximate surface area is 168 Å². The summed E-state index contributed by atoms with van der Waals surface area (Å²) in [7, 11) is -1.78. The van der Waals surface area contributed by atoms with Gasteiger partial charge in [0.1, 0.15) is 4.21 Å². The monoisotopic (exact) mass is 422 g/mol. The fraction of sp³-hybridized carbons (Fsp3) is 0.421. The molecule has 3 heterocycles. The van der Waals surface area contributed by atoms with Gasteiger partial charge >= 0.3 is 0 Å². The van der Waals surface area contributed by atoms with E-state index in [-0.39, 0.29) is 25.2 Å². The molecule has 28 heavy (non-hydrogen) atoms. The van der Waals surface area contributed by atoms with Crippen molar-refractivity contribution in [2.45, 2.75) is 23.6 Å². The van der Waals surface area contributed by atoms with Crippen LogP contribution < -0.4 is 9.47 Å². The van der Waals surface area contributed by atoms with Crippen molar-refractivity contribution in [3.05, 3.63) is 41.3 Å². The predicted octanol–water partition coefficient (Wildman–Crippen LogP) is 2.54. The molecule has 1 aromatic carbocycles. The number of hydrogen-bond acceptors (Lipinski definition) is 6. The molecule has 7 nitrogen and oxygen atoms in total. The summed E-state index contributed by atoms with van der Waals surface area (Å²) in [6, 6.07) is 8.96. The van der Waals surface area contributed by atoms with Gasteiger partial charge in [-0.1, -0.05) is 12.1 Å². The normalized spacial score (nSPS) is 19.5. The highest BCUT2D eigenvalue weighted by atomic mass is 32.2. The van der Waals surface area contributed by atoms with E-state index >= 15 is 0 Å². The Morgan fingerprint density at radius 1 is 1.29 bits per heavy atom. The van der Waals surface area contributed by atoms with Crippen LogP contribution in [0.2, 0.25) is 0 Å². The van der Waals surface area contributed by atoms with E-state index < -0.39 is 10.0 Å². The van der Waals surface area contributed by atoms with Gasteiger partial charge in [0.2, 0.25) is 12.7 Å². The standard InChI is InChI=1S/C19H22N2O5S2/c1-20(11-14-6-7-16-17(10-14)26-13-25-16)19(22)15-4-2-8-21(12-15)28(23,24)18-5-3-9-27-18/h3,5-7,9-10,15H,2,4,8,11-13H2,1H3/t15-/m0/s1. The second-order valence-corrected chi connectivity index (χ2v) is 10.1. The minimum absolute atomic E-state index is 0.0382. The molecule has 1 atom stereocenters. The number of amides is 1. The van der Waals surface area contributed by atoms with E-state index in [0.29, 0.717) is 41.6 Å². The summed E-state index contributed by atoms with van der Waals surface area (Å²) in [4.78, 5) is 14.6. The van der Waals surface area contributed by atoms with E-state index in [0.717, 1.165) is 5.56 Å². The van der Waals surface area contributed by atoms with Crippen LogP contribution in [0.5, 0.6) is 11.5 Å². The third kappa shape index (κ3) is 3.74. The minimum Gasteiger partial charge on any atom is -0.454 e. The molecule has 0 aliphatic carbocycles. The van der Waals surface area contributed by atoms with Crippen molar-refractivity contribution in [2.75, 3.05) is 26.9 Å². The van der Waals surface area contributed by atoms with Gasteiger partial charge in [0.25, 0.3) is 10.0 Å². The maximum Gasteiger partial charge on any atom is 0.252 e. The topological polar surface area (TPSA) is 76.2 Å². The maximum atomic E-state index is 12.9. The first-order valence-electron chi connectivity index (χ1n) is 9.12. The zero-order valence-corrected chi connectivity index (χ0v) is 17.2. The van der Waals surface area contributed by atoms with Gasteiger partial charge in [-0.25, -0.2) is 8.42 Å². The second kappa shape index (κ2) is 7.73. The maximum absolute atomic E-state index is 12.9. The molecule has 0 bridgehead atoms. The molecule has 2 aliphatic heterocycles. The number of ether oxygens (including phenoxy) is 2. The van der Waals surface area contributed by atoms with E-state index in [9.17, 15) is 13.2 Å². The van der Waals surface area contributed by atoms with Crippen LogP contribution in [0.15, 0.2) is 39.9 Å². The highest BCUT2D eigenvalue weighted by Gasteiger charge is 2.34. The zero-order valence-electron chi connectivity index (χ0n) is 15.5. The van der Waals surface area contributed by atoms with Crippen molar-refractivity contribution in [1.82, 2.24) is 9.21 Å². The number of sulfonamides is 1. The van der Waals surface area contributed by atoms with Gasteiger partial charge in [0.15, 0.2) is 11.5 Å². The van der Waals surface area contributed by atoms with Crippen molar-refractivity contribution >= 4 is 27.3 Å². The molecule has 1 amide bonds. The molecule has 0 unspecified atom stereocenters. The Morgan fingerprint density at radius 2 is 2.11 bits per heavy atom. The molecule has 2 aromatic rings. The van der Waals surface area contributed by atoms with Crippen LogP contribution in [-0.4, -0.2) is 50.5 Å². The lowest BCUT2D eigenvalue weighted by atomic mass is 9.98. The van der Waals surface area contributed by atoms with Crippen molar-refractivity contribution in [3.8, 4) is 11.5 Å². The van der Waals surface area contributed by atoms with Crippen LogP contribution in [0.4, 0.5) is 0 Å². The lowest BCUT2D eigenvalue weighted by molar-refractivity contribution is -0.135. The first-order chi connectivity index (χ1) is 13.4. The molecule has 1 aromatic heterocycles. The molecule has 150 valence electrons. The van der Waals surface area contributed by atoms with Crippen LogP contribution in [0.1, 0.15) is 18.4 Å². The number of carbonyl (C=O) groups excluding carboxylic acids is 1. The lowest BCUT2D eigenvalue weighted by Gasteiger charge is -2.33. The number of nitrogens with zero attached hydrogens (tertiary/aromatic N) is 2. The molecular formula is C19H22N2O5S2. The summed E-state index contributed by atoms with van der Waals surface area (Å²) in [6.45, 7) is 1.33. The Morgan fingerprint density at radius 3 is 2.89 bits per heavy atom. The first kappa shape index (κ1) is 19.2. The Balaban J connectivity index is 1.42. The van der Waals surface area contributed by atoms with Crippen molar-refractivity contribution < 1.29 is 22.7 Å². The molecule has 4 rings (SSSR count). The average molecular weight is 423 g/mol. The van der Waals surface area contributed by atoms with E-state index in [2.05, 4.69) is 0 Å². The number of fused-ring (bicyclic) bond motifs is 1. The summed E-state index contributed by atoms with van der Waals surface area (Å²) in [5, 5.41) is 1.75. The Bertz CT molecular complexity index is 959. The van der Waals surface area contributed by atoms with Crippen LogP contribution >= 0.6 is 11.3 Å². The van der Waals surface area contributed by atoms with E-state index in [4.69, 9.17) is 9.47 Å². The number of hydrogen-bond donors (Lipinski definition) is 0. The second-order valence-electron chi connectivity index (χ2n) is 7.02. The third-order valence-corrected chi connectivity index (χ3v) is 8.29. The molecule has 1 saturated heterocycles. The minimum atomic E-state index is -3.53. The Hall–Kier alpha value is -2.10. The van der Waals surface area contributed by atoms with Gasteiger partial charge in [-0.3, -0.25) is 4.79 Å². The van der Waals surface area contributed by atoms with Crippen molar-refractivity contribution in [2.24, 2.45) is 5.92 Å². The van der Waals surface area contributed by atoms with Gasteiger partial charge in [-0.15, -0.1) is 11.3 Å². The Kier molecular flexibility index (Phi) is 5.31. The van der Waals surface area contributed by atoms with Crippen molar-refractivity contribution in [3.63, 3.8) is 0 Å². The largest absolute Gasteiger partial charge is 0.454 e. The predicted molar refractivity (Wildman–Crippen MR) is 105 cm³/mol. The summed E-state index contributed by atoms with van der Waals surface area (Å²) in [5.41, 5.74) is 0.943. The van der Waals surface area contributed by atoms with Crippen LogP contribution in [-0.2, 0) is 21.4 Å². The van der Waals surface area contributed by atoms with Crippen LogP contribution in [0.3, 0.4) is 0 Å². The number of rotatable bonds is 5. The van der Waals surface area contributed by atoms with Gasteiger partial charge in [0, 0.05) is 26.7 Å². The van der Waals surface area contributed by atoms with Crippen LogP contribution in [0, 0.1) is 5.92 Å². The quantitative estimate of drug-likeness (QED) is 0.740. The highest BCUT2D eigenvalue weighted by molar-refractivity contribution is 7.91. The van der Waals surface area contributed by atoms with Gasteiger partial charge < -0.3 is 14.4 Å². The molecule has 0 N–H and O–H groups in total. The lowest BCUT2D eigenvalue weighted by Crippen LogP contribution is -2.45. The summed E-state index contributed by atoms with van der Waals surface area (Å²) < 4.78 is 38.0. The average Bonchev–Trinajstić information content (AvgIpc) is 3.39. The number of piperidine rings is 1. The fourth-order valence-corrected chi connectivity index (χ4v) is 6.27. The van der Waals surface area contributed by atoms with Gasteiger partial charge in [-0.05, 0) is 42.0 Å². The summed E-state index contributed by atoms with van der Waals surface area (Å²) in [6.07, 6.45) is 1.37. The molecule has 9 heteroatoms. The van der Waals surface area contributed by atoms with E-state index in [1.165, 1.54) is 15.6 Å². The third-order valence-electron chi connectivity index (χ3n) is 5.06. The summed E-state index contributed by atoms with van der Waals surface area (Å²) >= 11 is 1.20. The number of thiophene rings is 1. The number of benzene rings is 1. The molecule has 0 spiro atoms. The SMILES string of the molecule is CN(Cc1ccc2c(c1)OCO2)C(=O)[C@H]1CCCN(S(=O)(=O)c2cccs2)C1. The molecular weight excluding hydrogens is 400 g/mol. The smallest absolute Gasteiger partial charge is 0.252 e. The molecule has 0 saturated carbocycles. The molecule has 0 radical (unpaired) electrons. The fourth-order valence-electron chi connectivity index (χ4n) is 3.60. The molecule has 1 fully saturated rings. The van der Waals surface area contributed by atoms with Crippen LogP contribution in [0.25, 0.3) is 0 Å². The molecule has 2 aliphatic rings. The van der Waals surface area contributed by atoms with E-state index in [1.807, 2.05) is 18.2 Å². The highest BCUT2D eigenvalue weighted by Crippen LogP contribution is 2.33. The van der Waals surface area contributed by atoms with Gasteiger partial charge in [0.05, 0.1) is 5.92 Å². The van der Waals surface area contributed by atoms with Crippen molar-refractivity contribution in [1.29, 1.82) is 0 Å². The zero-order chi connectivity index (χ0) is 19.7.